The molecule has 1 aromatic heterocycles. The summed E-state index contributed by atoms with van der Waals surface area (Å²) < 4.78 is 0. The third-order valence-electron chi connectivity index (χ3n) is 5.27. The van der Waals surface area contributed by atoms with Gasteiger partial charge in [-0.3, -0.25) is 4.79 Å². The van der Waals surface area contributed by atoms with E-state index in [0.717, 1.165) is 36.9 Å². The minimum absolute atomic E-state index is 0.127. The molecule has 0 bridgehead atoms. The van der Waals surface area contributed by atoms with Crippen LogP contribution in [0.3, 0.4) is 0 Å². The van der Waals surface area contributed by atoms with E-state index >= 15 is 0 Å². The summed E-state index contributed by atoms with van der Waals surface area (Å²) in [5.74, 6) is 0.746. The van der Waals surface area contributed by atoms with Crippen LogP contribution >= 0.6 is 11.3 Å². The largest absolute Gasteiger partial charge is 0.355 e. The first kappa shape index (κ1) is 15.6. The fourth-order valence-corrected chi connectivity index (χ4v) is 4.58. The molecule has 0 saturated carbocycles. The van der Waals surface area contributed by atoms with Gasteiger partial charge < -0.3 is 10.2 Å². The van der Waals surface area contributed by atoms with Crippen LogP contribution in [0.4, 0.5) is 5.13 Å². The molecule has 2 saturated heterocycles. The molecular formula is C19H23N3OS. The van der Waals surface area contributed by atoms with Gasteiger partial charge in [-0.1, -0.05) is 38.1 Å². The van der Waals surface area contributed by atoms with Crippen molar-refractivity contribution in [2.45, 2.75) is 32.6 Å². The van der Waals surface area contributed by atoms with Gasteiger partial charge >= 0.3 is 0 Å². The van der Waals surface area contributed by atoms with Crippen molar-refractivity contribution in [1.29, 1.82) is 0 Å². The van der Waals surface area contributed by atoms with E-state index in [4.69, 9.17) is 4.98 Å². The molecule has 2 aliphatic heterocycles. The maximum absolute atomic E-state index is 11.6. The number of nitrogens with zero attached hydrogens (tertiary/aromatic N) is 2. The average Bonchev–Trinajstić information content (AvgIpc) is 3.28. The summed E-state index contributed by atoms with van der Waals surface area (Å²) in [6, 6.07) is 8.72. The van der Waals surface area contributed by atoms with Gasteiger partial charge in [-0.2, -0.15) is 0 Å². The quantitative estimate of drug-likeness (QED) is 0.927. The van der Waals surface area contributed by atoms with E-state index in [1.54, 1.807) is 11.3 Å². The number of nitrogens with one attached hydrogen (secondary N) is 1. The molecule has 2 fully saturated rings. The Morgan fingerprint density at radius 1 is 1.29 bits per heavy atom. The highest BCUT2D eigenvalue weighted by Gasteiger charge is 2.44. The van der Waals surface area contributed by atoms with E-state index in [1.807, 2.05) is 0 Å². The van der Waals surface area contributed by atoms with Crippen molar-refractivity contribution in [3.05, 3.63) is 35.2 Å². The highest BCUT2D eigenvalue weighted by atomic mass is 32.1. The van der Waals surface area contributed by atoms with Gasteiger partial charge in [0.1, 0.15) is 0 Å². The zero-order valence-corrected chi connectivity index (χ0v) is 15.0. The predicted octanol–water partition coefficient (Wildman–Crippen LogP) is 3.65. The molecule has 1 aromatic carbocycles. The van der Waals surface area contributed by atoms with E-state index in [2.05, 4.69) is 53.7 Å². The molecule has 126 valence electrons. The number of thiazole rings is 1. The molecule has 2 aromatic rings. The van der Waals surface area contributed by atoms with Gasteiger partial charge in [0.05, 0.1) is 5.69 Å². The van der Waals surface area contributed by atoms with E-state index in [0.29, 0.717) is 12.3 Å². The lowest BCUT2D eigenvalue weighted by molar-refractivity contribution is -0.119. The second-order valence-electron chi connectivity index (χ2n) is 7.42. The van der Waals surface area contributed by atoms with Crippen LogP contribution in [0.1, 0.15) is 38.2 Å². The molecule has 4 nitrogen and oxygen atoms in total. The van der Waals surface area contributed by atoms with Gasteiger partial charge in [0.2, 0.25) is 5.91 Å². The van der Waals surface area contributed by atoms with Crippen LogP contribution < -0.4 is 10.2 Å². The monoisotopic (exact) mass is 341 g/mol. The maximum Gasteiger partial charge on any atom is 0.220 e. The first-order valence-corrected chi connectivity index (χ1v) is 9.50. The highest BCUT2D eigenvalue weighted by molar-refractivity contribution is 7.14. The van der Waals surface area contributed by atoms with Crippen LogP contribution in [-0.2, 0) is 4.79 Å². The van der Waals surface area contributed by atoms with E-state index in [1.165, 1.54) is 11.1 Å². The summed E-state index contributed by atoms with van der Waals surface area (Å²) in [6.45, 7) is 7.17. The lowest BCUT2D eigenvalue weighted by Crippen LogP contribution is -2.29. The lowest BCUT2D eigenvalue weighted by Gasteiger charge is -2.21. The van der Waals surface area contributed by atoms with E-state index < -0.39 is 0 Å². The first-order chi connectivity index (χ1) is 11.5. The number of benzene rings is 1. The summed E-state index contributed by atoms with van der Waals surface area (Å²) >= 11 is 1.70. The van der Waals surface area contributed by atoms with Gasteiger partial charge in [-0.05, 0) is 17.9 Å². The van der Waals surface area contributed by atoms with Crippen molar-refractivity contribution < 1.29 is 4.79 Å². The molecule has 0 aliphatic carbocycles. The Morgan fingerprint density at radius 3 is 2.75 bits per heavy atom. The van der Waals surface area contributed by atoms with Crippen LogP contribution in [-0.4, -0.2) is 30.5 Å². The Kier molecular flexibility index (Phi) is 3.83. The lowest BCUT2D eigenvalue weighted by atomic mass is 9.86. The molecule has 24 heavy (non-hydrogen) atoms. The van der Waals surface area contributed by atoms with E-state index in [9.17, 15) is 4.79 Å². The predicted molar refractivity (Wildman–Crippen MR) is 98.5 cm³/mol. The minimum Gasteiger partial charge on any atom is -0.355 e. The number of hydrogen-bond donors (Lipinski definition) is 1. The maximum atomic E-state index is 11.6. The number of anilines is 1. The molecular weight excluding hydrogens is 318 g/mol. The Bertz CT molecular complexity index is 752. The summed E-state index contributed by atoms with van der Waals surface area (Å²) in [5.41, 5.74) is 3.71. The number of carbonyl (C=O) groups excluding carboxylic acids is 1. The first-order valence-electron chi connectivity index (χ1n) is 8.62. The third kappa shape index (κ3) is 2.81. The minimum atomic E-state index is 0.127. The fourth-order valence-electron chi connectivity index (χ4n) is 3.72. The third-order valence-corrected chi connectivity index (χ3v) is 6.17. The second kappa shape index (κ2) is 5.88. The van der Waals surface area contributed by atoms with Gasteiger partial charge in [-0.25, -0.2) is 4.98 Å². The van der Waals surface area contributed by atoms with Crippen molar-refractivity contribution in [2.75, 3.05) is 24.5 Å². The molecule has 1 spiro atoms. The molecule has 4 rings (SSSR count). The van der Waals surface area contributed by atoms with Gasteiger partial charge in [0.25, 0.3) is 0 Å². The zero-order chi connectivity index (χ0) is 16.7. The summed E-state index contributed by atoms with van der Waals surface area (Å²) in [4.78, 5) is 18.8. The molecule has 2 aliphatic rings. The average molecular weight is 341 g/mol. The summed E-state index contributed by atoms with van der Waals surface area (Å²) in [6.07, 6.45) is 1.74. The number of amides is 1. The van der Waals surface area contributed by atoms with Gasteiger partial charge in [0.15, 0.2) is 5.13 Å². The van der Waals surface area contributed by atoms with Crippen molar-refractivity contribution >= 4 is 22.4 Å². The second-order valence-corrected chi connectivity index (χ2v) is 8.25. The zero-order valence-electron chi connectivity index (χ0n) is 14.2. The van der Waals surface area contributed by atoms with Crippen LogP contribution in [0.15, 0.2) is 29.6 Å². The molecule has 1 atom stereocenters. The Labute approximate surface area is 146 Å². The highest BCUT2D eigenvalue weighted by Crippen LogP contribution is 2.40. The normalized spacial score (nSPS) is 23.5. The van der Waals surface area contributed by atoms with Gasteiger partial charge in [-0.15, -0.1) is 11.3 Å². The molecule has 1 unspecified atom stereocenters. The van der Waals surface area contributed by atoms with Crippen LogP contribution in [0.5, 0.6) is 0 Å². The number of rotatable bonds is 3. The molecule has 1 amide bonds. The molecule has 0 radical (unpaired) electrons. The smallest absolute Gasteiger partial charge is 0.220 e. The van der Waals surface area contributed by atoms with Gasteiger partial charge in [0, 0.05) is 42.4 Å². The van der Waals surface area contributed by atoms with Crippen LogP contribution in [0.25, 0.3) is 11.3 Å². The summed E-state index contributed by atoms with van der Waals surface area (Å²) in [7, 11) is 0. The van der Waals surface area contributed by atoms with Crippen molar-refractivity contribution in [3.8, 4) is 11.3 Å². The molecule has 3 heterocycles. The number of aromatic nitrogens is 1. The van der Waals surface area contributed by atoms with Crippen molar-refractivity contribution in [1.82, 2.24) is 10.3 Å². The Balaban J connectivity index is 1.50. The number of hydrogen-bond acceptors (Lipinski definition) is 4. The number of carbonyl (C=O) groups is 1. The summed E-state index contributed by atoms with van der Waals surface area (Å²) in [5, 5.41) is 6.21. The molecule has 1 N–H and O–H groups in total. The fraction of sp³-hybridized carbons (Fsp3) is 0.474. The van der Waals surface area contributed by atoms with Crippen molar-refractivity contribution in [2.24, 2.45) is 5.41 Å². The topological polar surface area (TPSA) is 45.2 Å². The Hall–Kier alpha value is -1.88. The van der Waals surface area contributed by atoms with Crippen LogP contribution in [0.2, 0.25) is 0 Å². The van der Waals surface area contributed by atoms with Crippen molar-refractivity contribution in [3.63, 3.8) is 0 Å². The van der Waals surface area contributed by atoms with E-state index in [-0.39, 0.29) is 11.3 Å². The standard InChI is InChI=1S/C19H23N3OS/c1-13(2)14-3-5-15(6-4-14)16-10-24-18(21-16)22-8-7-19(12-22)9-17(23)20-11-19/h3-6,10,13H,7-9,11-12H2,1-2H3,(H,20,23). The Morgan fingerprint density at radius 2 is 2.08 bits per heavy atom. The van der Waals surface area contributed by atoms with Crippen LogP contribution in [0, 0.1) is 5.41 Å². The SMILES string of the molecule is CC(C)c1ccc(-c2csc(N3CCC4(CNC(=O)C4)C3)n2)cc1. The molecule has 5 heteroatoms.